The van der Waals surface area contributed by atoms with Gasteiger partial charge in [-0.15, -0.1) is 0 Å². The van der Waals surface area contributed by atoms with Gasteiger partial charge in [0.05, 0.1) is 19.2 Å². The number of benzene rings is 2. The molecule has 1 amide bonds. The van der Waals surface area contributed by atoms with Crippen molar-refractivity contribution in [2.75, 3.05) is 44.6 Å². The molecule has 8 nitrogen and oxygen atoms in total. The molecular formula is C25H29N5O3. The number of rotatable bonds is 8. The van der Waals surface area contributed by atoms with E-state index in [1.54, 1.807) is 6.92 Å². The Hall–Kier alpha value is -3.49. The van der Waals surface area contributed by atoms with Gasteiger partial charge in [-0.3, -0.25) is 19.7 Å². The highest BCUT2D eigenvalue weighted by Gasteiger charge is 2.27. The van der Waals surface area contributed by atoms with Crippen LogP contribution < -0.4 is 5.32 Å². The Morgan fingerprint density at radius 3 is 2.18 bits per heavy atom. The number of anilines is 1. The van der Waals surface area contributed by atoms with Crippen LogP contribution in [0.4, 0.5) is 5.82 Å². The zero-order valence-electron chi connectivity index (χ0n) is 18.7. The van der Waals surface area contributed by atoms with E-state index in [0.717, 1.165) is 26.2 Å². The van der Waals surface area contributed by atoms with Crippen molar-refractivity contribution in [1.82, 2.24) is 20.0 Å². The minimum Gasteiger partial charge on any atom is -0.461 e. The van der Waals surface area contributed by atoms with Gasteiger partial charge in [0.2, 0.25) is 5.91 Å². The molecule has 2 heterocycles. The summed E-state index contributed by atoms with van der Waals surface area (Å²) < 4.78 is 4.93. The van der Waals surface area contributed by atoms with Crippen molar-refractivity contribution in [1.29, 1.82) is 0 Å². The van der Waals surface area contributed by atoms with Crippen molar-refractivity contribution in [3.8, 4) is 0 Å². The number of hydrogen-bond acceptors (Lipinski definition) is 6. The summed E-state index contributed by atoms with van der Waals surface area (Å²) in [4.78, 5) is 28.8. The number of aromatic nitrogens is 2. The van der Waals surface area contributed by atoms with E-state index in [4.69, 9.17) is 4.74 Å². The van der Waals surface area contributed by atoms with E-state index in [9.17, 15) is 9.59 Å². The summed E-state index contributed by atoms with van der Waals surface area (Å²) in [6.45, 7) is 5.58. The van der Waals surface area contributed by atoms with Gasteiger partial charge in [0.1, 0.15) is 5.69 Å². The summed E-state index contributed by atoms with van der Waals surface area (Å²) in [6.07, 6.45) is 0. The molecular weight excluding hydrogens is 418 g/mol. The molecule has 0 saturated carbocycles. The van der Waals surface area contributed by atoms with Crippen LogP contribution in [0.1, 0.15) is 34.6 Å². The van der Waals surface area contributed by atoms with Gasteiger partial charge in [0.25, 0.3) is 0 Å². The third-order valence-corrected chi connectivity index (χ3v) is 5.71. The van der Waals surface area contributed by atoms with Crippen LogP contribution in [0.5, 0.6) is 0 Å². The van der Waals surface area contributed by atoms with Crippen molar-refractivity contribution in [2.24, 2.45) is 0 Å². The highest BCUT2D eigenvalue weighted by atomic mass is 16.5. The molecule has 4 rings (SSSR count). The van der Waals surface area contributed by atoms with Crippen molar-refractivity contribution in [3.63, 3.8) is 0 Å². The van der Waals surface area contributed by atoms with Crippen LogP contribution in [-0.4, -0.2) is 71.2 Å². The van der Waals surface area contributed by atoms with Crippen molar-refractivity contribution >= 4 is 17.7 Å². The summed E-state index contributed by atoms with van der Waals surface area (Å²) in [6, 6.07) is 22.8. The van der Waals surface area contributed by atoms with Gasteiger partial charge in [0.15, 0.2) is 5.82 Å². The van der Waals surface area contributed by atoms with E-state index < -0.39 is 5.97 Å². The molecule has 8 heteroatoms. The summed E-state index contributed by atoms with van der Waals surface area (Å²) >= 11 is 0. The smallest absolute Gasteiger partial charge is 0.356 e. The second-order valence-corrected chi connectivity index (χ2v) is 7.97. The Morgan fingerprint density at radius 1 is 1.00 bits per heavy atom. The molecule has 3 aromatic rings. The number of H-pyrrole nitrogens is 1. The maximum absolute atomic E-state index is 12.5. The molecule has 0 aliphatic carbocycles. The van der Waals surface area contributed by atoms with E-state index in [2.05, 4.69) is 73.8 Å². The van der Waals surface area contributed by atoms with Crippen LogP contribution in [0, 0.1) is 0 Å². The molecule has 172 valence electrons. The van der Waals surface area contributed by atoms with E-state index in [1.807, 2.05) is 12.1 Å². The molecule has 2 N–H and O–H groups in total. The SMILES string of the molecule is CCOC(=O)c1cc(NC(=O)CN2CCN(C(c3ccccc3)c3ccccc3)CC2)n[nH]1. The Labute approximate surface area is 193 Å². The van der Waals surface area contributed by atoms with E-state index in [1.165, 1.54) is 17.2 Å². The van der Waals surface area contributed by atoms with Gasteiger partial charge in [-0.25, -0.2) is 4.79 Å². The van der Waals surface area contributed by atoms with Crippen molar-refractivity contribution < 1.29 is 14.3 Å². The Balaban J connectivity index is 1.33. The molecule has 0 unspecified atom stereocenters. The van der Waals surface area contributed by atoms with Gasteiger partial charge in [-0.05, 0) is 18.1 Å². The Kier molecular flexibility index (Phi) is 7.49. The highest BCUT2D eigenvalue weighted by Crippen LogP contribution is 2.29. The maximum atomic E-state index is 12.5. The summed E-state index contributed by atoms with van der Waals surface area (Å²) in [7, 11) is 0. The molecule has 1 saturated heterocycles. The molecule has 0 atom stereocenters. The predicted molar refractivity (Wildman–Crippen MR) is 126 cm³/mol. The third-order valence-electron chi connectivity index (χ3n) is 5.71. The largest absolute Gasteiger partial charge is 0.461 e. The summed E-state index contributed by atoms with van der Waals surface area (Å²) in [5.41, 5.74) is 2.75. The zero-order valence-corrected chi connectivity index (χ0v) is 18.7. The van der Waals surface area contributed by atoms with E-state index >= 15 is 0 Å². The minimum atomic E-state index is -0.493. The van der Waals surface area contributed by atoms with Crippen LogP contribution in [0.2, 0.25) is 0 Å². The number of esters is 1. The second kappa shape index (κ2) is 10.9. The second-order valence-electron chi connectivity index (χ2n) is 7.97. The lowest BCUT2D eigenvalue weighted by atomic mass is 9.96. The quantitative estimate of drug-likeness (QED) is 0.516. The van der Waals surface area contributed by atoms with Crippen LogP contribution in [-0.2, 0) is 9.53 Å². The Bertz CT molecular complexity index is 1010. The predicted octanol–water partition coefficient (Wildman–Crippen LogP) is 2.93. The van der Waals surface area contributed by atoms with Gasteiger partial charge in [-0.2, -0.15) is 5.10 Å². The van der Waals surface area contributed by atoms with Crippen molar-refractivity contribution in [3.05, 3.63) is 83.6 Å². The van der Waals surface area contributed by atoms with E-state index in [0.29, 0.717) is 5.82 Å². The zero-order chi connectivity index (χ0) is 23.0. The lowest BCUT2D eigenvalue weighted by molar-refractivity contribution is -0.117. The average Bonchev–Trinajstić information content (AvgIpc) is 3.30. The van der Waals surface area contributed by atoms with Crippen LogP contribution >= 0.6 is 0 Å². The van der Waals surface area contributed by atoms with Gasteiger partial charge < -0.3 is 10.1 Å². The van der Waals surface area contributed by atoms with Crippen LogP contribution in [0.3, 0.4) is 0 Å². The molecule has 1 fully saturated rings. The Morgan fingerprint density at radius 2 is 1.61 bits per heavy atom. The molecule has 0 spiro atoms. The molecule has 1 aliphatic heterocycles. The number of piperazine rings is 1. The maximum Gasteiger partial charge on any atom is 0.356 e. The summed E-state index contributed by atoms with van der Waals surface area (Å²) in [5, 5.41) is 9.31. The average molecular weight is 448 g/mol. The standard InChI is InChI=1S/C25H29N5O3/c1-2-33-25(32)21-17-22(28-27-21)26-23(31)18-29-13-15-30(16-14-29)24(19-9-5-3-6-10-19)20-11-7-4-8-12-20/h3-12,17,24H,2,13-16,18H2,1H3,(H2,26,27,28,31). The number of ether oxygens (including phenoxy) is 1. The molecule has 0 radical (unpaired) electrons. The van der Waals surface area contributed by atoms with Gasteiger partial charge in [-0.1, -0.05) is 60.7 Å². The number of hydrogen-bond donors (Lipinski definition) is 2. The molecule has 33 heavy (non-hydrogen) atoms. The van der Waals surface area contributed by atoms with Crippen LogP contribution in [0.25, 0.3) is 0 Å². The molecule has 2 aromatic carbocycles. The van der Waals surface area contributed by atoms with Gasteiger partial charge in [0, 0.05) is 32.2 Å². The van der Waals surface area contributed by atoms with Gasteiger partial charge >= 0.3 is 5.97 Å². The molecule has 1 aliphatic rings. The number of amides is 1. The monoisotopic (exact) mass is 447 g/mol. The van der Waals surface area contributed by atoms with Crippen LogP contribution in [0.15, 0.2) is 66.7 Å². The summed E-state index contributed by atoms with van der Waals surface area (Å²) in [5.74, 6) is -0.337. The topological polar surface area (TPSA) is 90.6 Å². The first-order chi connectivity index (χ1) is 16.1. The number of nitrogens with zero attached hydrogens (tertiary/aromatic N) is 3. The first-order valence-electron chi connectivity index (χ1n) is 11.2. The first kappa shape index (κ1) is 22.7. The molecule has 1 aromatic heterocycles. The fourth-order valence-corrected chi connectivity index (χ4v) is 4.15. The number of aromatic amines is 1. The first-order valence-corrected chi connectivity index (χ1v) is 11.2. The fourth-order valence-electron chi connectivity index (χ4n) is 4.15. The number of carbonyl (C=O) groups is 2. The van der Waals surface area contributed by atoms with E-state index in [-0.39, 0.29) is 30.8 Å². The third kappa shape index (κ3) is 5.85. The normalized spacial score (nSPS) is 14.8. The molecule has 0 bridgehead atoms. The van der Waals surface area contributed by atoms with Crippen molar-refractivity contribution in [2.45, 2.75) is 13.0 Å². The lowest BCUT2D eigenvalue weighted by Gasteiger charge is -2.39. The number of nitrogens with one attached hydrogen (secondary N) is 2. The fraction of sp³-hybridized carbons (Fsp3) is 0.320. The highest BCUT2D eigenvalue weighted by molar-refractivity contribution is 5.93. The lowest BCUT2D eigenvalue weighted by Crippen LogP contribution is -2.49. The minimum absolute atomic E-state index is 0.159. The number of carbonyl (C=O) groups excluding carboxylic acids is 2.